The minimum Gasteiger partial charge on any atom is -0.508 e. The maximum Gasteiger partial charge on any atom is 0.205 e. The number of imidazole rings is 1. The molecule has 1 heterocycles. The zero-order valence-electron chi connectivity index (χ0n) is 14.1. The molecule has 138 valence electrons. The van der Waals surface area contributed by atoms with E-state index in [1.54, 1.807) is 30.2 Å². The molecule has 0 unspecified atom stereocenters. The van der Waals surface area contributed by atoms with Gasteiger partial charge in [0, 0.05) is 29.9 Å². The number of aromatic hydroxyl groups is 1. The number of nitriles is 1. The lowest BCUT2D eigenvalue weighted by Gasteiger charge is -2.07. The number of halogens is 1. The predicted octanol–water partition coefficient (Wildman–Crippen LogP) is 2.50. The number of hydrogen-bond acceptors (Lipinski definition) is 5. The maximum atomic E-state index is 9.23. The number of hydrogen-bond donors (Lipinski definition) is 4. The first kappa shape index (κ1) is 21.4. The van der Waals surface area contributed by atoms with E-state index < -0.39 is 0 Å². The number of aromatic nitrogens is 2. The summed E-state index contributed by atoms with van der Waals surface area (Å²) < 4.78 is 0. The molecule has 0 aliphatic heterocycles. The van der Waals surface area contributed by atoms with Crippen LogP contribution in [0.5, 0.6) is 5.75 Å². The maximum absolute atomic E-state index is 9.23. The summed E-state index contributed by atoms with van der Waals surface area (Å²) in [6.45, 7) is 1.15. The minimum atomic E-state index is 0. The van der Waals surface area contributed by atoms with Crippen LogP contribution in [-0.2, 0) is 5.75 Å². The Balaban J connectivity index is 0.00000338. The van der Waals surface area contributed by atoms with Crippen molar-refractivity contribution in [3.63, 3.8) is 0 Å². The molecule has 0 spiro atoms. The van der Waals surface area contributed by atoms with Crippen molar-refractivity contribution >= 4 is 36.2 Å². The predicted molar refractivity (Wildman–Crippen MR) is 108 cm³/mol. The third-order valence-corrected chi connectivity index (χ3v) is 4.09. The molecule has 0 radical (unpaired) electrons. The van der Waals surface area contributed by atoms with Gasteiger partial charge in [-0.3, -0.25) is 5.32 Å². The van der Waals surface area contributed by atoms with E-state index in [9.17, 15) is 5.11 Å². The molecule has 0 aliphatic rings. The summed E-state index contributed by atoms with van der Waals surface area (Å²) in [5, 5.41) is 23.7. The van der Waals surface area contributed by atoms with Crippen molar-refractivity contribution in [1.29, 1.82) is 5.26 Å². The Morgan fingerprint density at radius 1 is 1.38 bits per heavy atom. The molecule has 1 aromatic heterocycles. The van der Waals surface area contributed by atoms with Crippen LogP contribution in [0.15, 0.2) is 47.9 Å². The molecule has 0 bridgehead atoms. The molecule has 0 atom stereocenters. The lowest BCUT2D eigenvalue weighted by atomic mass is 10.2. The molecule has 0 fully saturated rings. The van der Waals surface area contributed by atoms with Crippen molar-refractivity contribution in [1.82, 2.24) is 20.6 Å². The Hall–Kier alpha value is -2.63. The van der Waals surface area contributed by atoms with Crippen LogP contribution in [0.1, 0.15) is 11.3 Å². The highest BCUT2D eigenvalue weighted by atomic mass is 35.5. The number of nitrogens with one attached hydrogen (secondary N) is 3. The Kier molecular flexibility index (Phi) is 10.5. The van der Waals surface area contributed by atoms with Gasteiger partial charge in [0.15, 0.2) is 6.19 Å². The number of rotatable bonds is 8. The van der Waals surface area contributed by atoms with Gasteiger partial charge in [0.25, 0.3) is 0 Å². The Morgan fingerprint density at radius 3 is 2.88 bits per heavy atom. The molecule has 2 aromatic rings. The van der Waals surface area contributed by atoms with Gasteiger partial charge < -0.3 is 15.4 Å². The average molecular weight is 393 g/mol. The monoisotopic (exact) mass is 392 g/mol. The van der Waals surface area contributed by atoms with Gasteiger partial charge in [0.2, 0.25) is 5.96 Å². The van der Waals surface area contributed by atoms with Crippen molar-refractivity contribution in [2.45, 2.75) is 5.75 Å². The zero-order chi connectivity index (χ0) is 17.7. The van der Waals surface area contributed by atoms with E-state index >= 15 is 0 Å². The second kappa shape index (κ2) is 12.7. The topological polar surface area (TPSA) is 109 Å². The van der Waals surface area contributed by atoms with E-state index in [0.29, 0.717) is 19.0 Å². The molecule has 4 N–H and O–H groups in total. The highest BCUT2D eigenvalue weighted by Gasteiger charge is 1.98. The van der Waals surface area contributed by atoms with Crippen LogP contribution >= 0.6 is 24.2 Å². The van der Waals surface area contributed by atoms with E-state index in [1.165, 1.54) is 0 Å². The fourth-order valence-electron chi connectivity index (χ4n) is 1.90. The summed E-state index contributed by atoms with van der Waals surface area (Å²) in [6, 6.07) is 6.90. The summed E-state index contributed by atoms with van der Waals surface area (Å²) in [4.78, 5) is 11.3. The van der Waals surface area contributed by atoms with Crippen LogP contribution in [-0.4, -0.2) is 39.9 Å². The number of guanidine groups is 1. The molecule has 26 heavy (non-hydrogen) atoms. The fourth-order valence-corrected chi connectivity index (χ4v) is 2.67. The van der Waals surface area contributed by atoms with Crippen LogP contribution in [0, 0.1) is 11.5 Å². The van der Waals surface area contributed by atoms with Crippen LogP contribution < -0.4 is 10.6 Å². The number of phenols is 1. The fraction of sp³-hybridized carbons (Fsp3) is 0.235. The number of aromatic amines is 1. The third kappa shape index (κ3) is 8.46. The van der Waals surface area contributed by atoms with Gasteiger partial charge in [-0.1, -0.05) is 24.3 Å². The van der Waals surface area contributed by atoms with E-state index in [0.717, 1.165) is 22.8 Å². The number of phenolic OH excluding ortho intramolecular Hbond substituents is 1. The summed E-state index contributed by atoms with van der Waals surface area (Å²) in [5.74, 6) is 2.45. The van der Waals surface area contributed by atoms with Crippen molar-refractivity contribution in [3.05, 3.63) is 54.1 Å². The number of benzene rings is 1. The molecule has 2 rings (SSSR count). The normalized spacial score (nSPS) is 11.0. The highest BCUT2D eigenvalue weighted by Crippen LogP contribution is 2.10. The van der Waals surface area contributed by atoms with Crippen molar-refractivity contribution in [3.8, 4) is 11.9 Å². The molecule has 9 heteroatoms. The number of H-pyrrole nitrogens is 1. The quantitative estimate of drug-likeness (QED) is 0.181. The smallest absolute Gasteiger partial charge is 0.205 e. The summed E-state index contributed by atoms with van der Waals surface area (Å²) in [6.07, 6.45) is 9.16. The van der Waals surface area contributed by atoms with E-state index in [2.05, 4.69) is 25.6 Å². The largest absolute Gasteiger partial charge is 0.508 e. The second-order valence-electron chi connectivity index (χ2n) is 4.98. The standard InChI is InChI=1S/C17H20N6OS.ClH/c18-12-22-17(21-8-9-25-11-15-10-19-13-23-15)20-7-1-2-14-3-5-16(24)6-4-14;/h1-6,10,13,24H,7-9,11H2,(H,19,23)(H2,20,21,22);1H. The minimum absolute atomic E-state index is 0. The molecule has 1 aromatic carbocycles. The summed E-state index contributed by atoms with van der Waals surface area (Å²) in [5.41, 5.74) is 2.07. The molecule has 0 saturated carbocycles. The molecule has 0 saturated heterocycles. The van der Waals surface area contributed by atoms with Gasteiger partial charge in [-0.15, -0.1) is 12.4 Å². The summed E-state index contributed by atoms with van der Waals surface area (Å²) >= 11 is 1.76. The molecule has 0 amide bonds. The van der Waals surface area contributed by atoms with Crippen molar-refractivity contribution in [2.75, 3.05) is 18.8 Å². The van der Waals surface area contributed by atoms with Gasteiger partial charge in [-0.2, -0.15) is 17.0 Å². The Morgan fingerprint density at radius 2 is 2.19 bits per heavy atom. The SMILES string of the molecule is Cl.N#CNC(=NCC=Cc1ccc(O)cc1)NCCSCc1cnc[nH]1. The van der Waals surface area contributed by atoms with Crippen molar-refractivity contribution < 1.29 is 5.11 Å². The molecular formula is C17H21ClN6OS. The molecular weight excluding hydrogens is 372 g/mol. The zero-order valence-corrected chi connectivity index (χ0v) is 15.7. The van der Waals surface area contributed by atoms with Crippen LogP contribution in [0.4, 0.5) is 0 Å². The lowest BCUT2D eigenvalue weighted by molar-refractivity contribution is 0.475. The van der Waals surface area contributed by atoms with Crippen molar-refractivity contribution in [2.24, 2.45) is 4.99 Å². The Labute approximate surface area is 163 Å². The number of aliphatic imine (C=N–C) groups is 1. The molecule has 7 nitrogen and oxygen atoms in total. The van der Waals surface area contributed by atoms with Gasteiger partial charge in [-0.05, 0) is 17.7 Å². The summed E-state index contributed by atoms with van der Waals surface area (Å²) in [7, 11) is 0. The number of nitrogens with zero attached hydrogens (tertiary/aromatic N) is 3. The number of thioether (sulfide) groups is 1. The van der Waals surface area contributed by atoms with Gasteiger partial charge in [-0.25, -0.2) is 9.98 Å². The van der Waals surface area contributed by atoms with E-state index in [-0.39, 0.29) is 18.2 Å². The second-order valence-corrected chi connectivity index (χ2v) is 6.08. The first-order chi connectivity index (χ1) is 12.3. The van der Waals surface area contributed by atoms with Gasteiger partial charge >= 0.3 is 0 Å². The van der Waals surface area contributed by atoms with Crippen LogP contribution in [0.3, 0.4) is 0 Å². The average Bonchev–Trinajstić information content (AvgIpc) is 3.13. The van der Waals surface area contributed by atoms with Gasteiger partial charge in [0.05, 0.1) is 12.9 Å². The highest BCUT2D eigenvalue weighted by molar-refractivity contribution is 7.98. The third-order valence-electron chi connectivity index (χ3n) is 3.08. The van der Waals surface area contributed by atoms with Gasteiger partial charge in [0.1, 0.15) is 5.75 Å². The first-order valence-electron chi connectivity index (χ1n) is 7.72. The van der Waals surface area contributed by atoms with E-state index in [1.807, 2.05) is 36.7 Å². The van der Waals surface area contributed by atoms with E-state index in [4.69, 9.17) is 5.26 Å². The molecule has 0 aliphatic carbocycles. The Bertz CT molecular complexity index is 725. The van der Waals surface area contributed by atoms with Crippen LogP contribution in [0.25, 0.3) is 6.08 Å². The lowest BCUT2D eigenvalue weighted by Crippen LogP contribution is -2.36. The first-order valence-corrected chi connectivity index (χ1v) is 8.87. The van der Waals surface area contributed by atoms with Crippen LogP contribution in [0.2, 0.25) is 0 Å².